The molecule has 0 radical (unpaired) electrons. The molecule has 2 atom stereocenters. The summed E-state index contributed by atoms with van der Waals surface area (Å²) in [6.45, 7) is 0.786. The van der Waals surface area contributed by atoms with Crippen molar-refractivity contribution >= 4 is 12.0 Å². The Morgan fingerprint density at radius 3 is 2.71 bits per heavy atom. The number of nitrogens with one attached hydrogen (secondary N) is 1. The first-order chi connectivity index (χ1) is 10.1. The number of ether oxygens (including phenoxy) is 1. The zero-order valence-corrected chi connectivity index (χ0v) is 12.0. The van der Waals surface area contributed by atoms with Gasteiger partial charge >= 0.3 is 12.0 Å². The minimum atomic E-state index is -0.993. The molecule has 1 aromatic rings. The number of benzene rings is 1. The summed E-state index contributed by atoms with van der Waals surface area (Å²) in [5.41, 5.74) is 1.13. The predicted molar refractivity (Wildman–Crippen MR) is 77.1 cm³/mol. The molecule has 1 aliphatic rings. The summed E-state index contributed by atoms with van der Waals surface area (Å²) in [5, 5.41) is 11.9. The zero-order valence-electron chi connectivity index (χ0n) is 12.0. The summed E-state index contributed by atoms with van der Waals surface area (Å²) in [5.74, 6) is -0.993. The lowest BCUT2D eigenvalue weighted by Gasteiger charge is -2.21. The van der Waals surface area contributed by atoms with Gasteiger partial charge in [0.2, 0.25) is 0 Å². The Balaban J connectivity index is 1.85. The summed E-state index contributed by atoms with van der Waals surface area (Å²) in [6.07, 6.45) is 0.829. The largest absolute Gasteiger partial charge is 0.480 e. The molecule has 1 aromatic carbocycles. The monoisotopic (exact) mass is 292 g/mol. The predicted octanol–water partition coefficient (Wildman–Crippen LogP) is 1.11. The zero-order chi connectivity index (χ0) is 15.2. The van der Waals surface area contributed by atoms with Gasteiger partial charge in [0, 0.05) is 26.6 Å². The SMILES string of the molecule is COC1CC(C(=O)O)N(C(=O)NCCc2ccccc2)C1. The number of carbonyl (C=O) groups excluding carboxylic acids is 1. The average molecular weight is 292 g/mol. The molecule has 2 rings (SSSR count). The fourth-order valence-corrected chi connectivity index (χ4v) is 2.49. The fourth-order valence-electron chi connectivity index (χ4n) is 2.49. The average Bonchev–Trinajstić information content (AvgIpc) is 2.93. The molecule has 0 aliphatic carbocycles. The van der Waals surface area contributed by atoms with E-state index in [0.29, 0.717) is 25.9 Å². The number of aliphatic carboxylic acids is 1. The van der Waals surface area contributed by atoms with E-state index in [4.69, 9.17) is 4.74 Å². The van der Waals surface area contributed by atoms with Crippen LogP contribution in [0, 0.1) is 0 Å². The van der Waals surface area contributed by atoms with Crippen LogP contribution in [0.15, 0.2) is 30.3 Å². The molecule has 1 saturated heterocycles. The second-order valence-electron chi connectivity index (χ2n) is 5.07. The number of likely N-dealkylation sites (tertiary alicyclic amines) is 1. The fraction of sp³-hybridized carbons (Fsp3) is 0.467. The van der Waals surface area contributed by atoms with Crippen molar-refractivity contribution in [3.8, 4) is 0 Å². The van der Waals surface area contributed by atoms with Crippen LogP contribution >= 0.6 is 0 Å². The molecule has 0 saturated carbocycles. The van der Waals surface area contributed by atoms with E-state index in [1.54, 1.807) is 0 Å². The number of hydrogen-bond donors (Lipinski definition) is 2. The molecule has 2 N–H and O–H groups in total. The van der Waals surface area contributed by atoms with Gasteiger partial charge in [-0.05, 0) is 12.0 Å². The summed E-state index contributed by atoms with van der Waals surface area (Å²) in [6, 6.07) is 8.65. The molecule has 0 spiro atoms. The topological polar surface area (TPSA) is 78.9 Å². The van der Waals surface area contributed by atoms with Gasteiger partial charge in [0.1, 0.15) is 6.04 Å². The molecule has 21 heavy (non-hydrogen) atoms. The molecule has 2 unspecified atom stereocenters. The van der Waals surface area contributed by atoms with Gasteiger partial charge in [-0.2, -0.15) is 0 Å². The Bertz CT molecular complexity index is 492. The standard InChI is InChI=1S/C15H20N2O4/c1-21-12-9-13(14(18)19)17(10-12)15(20)16-8-7-11-5-3-2-4-6-11/h2-6,12-13H,7-10H2,1H3,(H,16,20)(H,18,19). The molecular formula is C15H20N2O4. The summed E-state index contributed by atoms with van der Waals surface area (Å²) >= 11 is 0. The third-order valence-electron chi connectivity index (χ3n) is 3.67. The number of amides is 2. The van der Waals surface area contributed by atoms with Crippen LogP contribution in [0.4, 0.5) is 4.79 Å². The van der Waals surface area contributed by atoms with E-state index < -0.39 is 12.0 Å². The van der Waals surface area contributed by atoms with Crippen molar-refractivity contribution in [2.24, 2.45) is 0 Å². The van der Waals surface area contributed by atoms with Gasteiger partial charge in [-0.15, -0.1) is 0 Å². The molecule has 2 amide bonds. The van der Waals surface area contributed by atoms with Crippen LogP contribution in [-0.2, 0) is 16.0 Å². The van der Waals surface area contributed by atoms with Crippen LogP contribution in [0.5, 0.6) is 0 Å². The molecule has 0 bridgehead atoms. The molecule has 1 aliphatic heterocycles. The van der Waals surface area contributed by atoms with Crippen molar-refractivity contribution in [1.82, 2.24) is 10.2 Å². The van der Waals surface area contributed by atoms with Gasteiger partial charge in [-0.1, -0.05) is 30.3 Å². The highest BCUT2D eigenvalue weighted by molar-refractivity contribution is 5.83. The van der Waals surface area contributed by atoms with Gasteiger partial charge in [0.05, 0.1) is 6.10 Å². The molecule has 6 heteroatoms. The van der Waals surface area contributed by atoms with Crippen LogP contribution in [0.25, 0.3) is 0 Å². The normalized spacial score (nSPS) is 21.3. The van der Waals surface area contributed by atoms with Crippen LogP contribution in [-0.4, -0.2) is 54.4 Å². The summed E-state index contributed by atoms with van der Waals surface area (Å²) in [7, 11) is 1.53. The van der Waals surface area contributed by atoms with Crippen molar-refractivity contribution in [3.05, 3.63) is 35.9 Å². The summed E-state index contributed by atoms with van der Waals surface area (Å²) < 4.78 is 5.16. The van der Waals surface area contributed by atoms with Gasteiger partial charge in [0.15, 0.2) is 0 Å². The molecule has 1 fully saturated rings. The van der Waals surface area contributed by atoms with E-state index in [1.807, 2.05) is 30.3 Å². The number of nitrogens with zero attached hydrogens (tertiary/aromatic N) is 1. The molecule has 6 nitrogen and oxygen atoms in total. The first kappa shape index (κ1) is 15.3. The number of urea groups is 1. The first-order valence-corrected chi connectivity index (χ1v) is 6.96. The minimum absolute atomic E-state index is 0.217. The van der Waals surface area contributed by atoms with Crippen molar-refractivity contribution in [3.63, 3.8) is 0 Å². The second-order valence-corrected chi connectivity index (χ2v) is 5.07. The number of carboxylic acid groups (broad SMARTS) is 1. The van der Waals surface area contributed by atoms with Crippen LogP contribution in [0.1, 0.15) is 12.0 Å². The Morgan fingerprint density at radius 1 is 1.38 bits per heavy atom. The van der Waals surface area contributed by atoms with Crippen LogP contribution in [0.3, 0.4) is 0 Å². The lowest BCUT2D eigenvalue weighted by molar-refractivity contribution is -0.141. The number of carboxylic acids is 1. The molecule has 1 heterocycles. The molecule has 0 aromatic heterocycles. The Morgan fingerprint density at radius 2 is 2.10 bits per heavy atom. The number of hydrogen-bond acceptors (Lipinski definition) is 3. The molecule has 114 valence electrons. The minimum Gasteiger partial charge on any atom is -0.480 e. The third kappa shape index (κ3) is 3.95. The Labute approximate surface area is 123 Å². The van der Waals surface area contributed by atoms with Crippen molar-refractivity contribution in [2.45, 2.75) is 25.0 Å². The summed E-state index contributed by atoms with van der Waals surface area (Å²) in [4.78, 5) is 24.6. The maximum Gasteiger partial charge on any atom is 0.326 e. The Hall–Kier alpha value is -2.08. The highest BCUT2D eigenvalue weighted by atomic mass is 16.5. The maximum atomic E-state index is 12.1. The van der Waals surface area contributed by atoms with E-state index in [2.05, 4.69) is 5.32 Å². The van der Waals surface area contributed by atoms with E-state index in [1.165, 1.54) is 12.0 Å². The van der Waals surface area contributed by atoms with Gasteiger partial charge in [-0.25, -0.2) is 9.59 Å². The lowest BCUT2D eigenvalue weighted by Crippen LogP contribution is -2.46. The van der Waals surface area contributed by atoms with E-state index >= 15 is 0 Å². The number of methoxy groups -OCH3 is 1. The maximum absolute atomic E-state index is 12.1. The van der Waals surface area contributed by atoms with Gasteiger partial charge in [-0.3, -0.25) is 0 Å². The smallest absolute Gasteiger partial charge is 0.326 e. The lowest BCUT2D eigenvalue weighted by atomic mass is 10.1. The molecular weight excluding hydrogens is 272 g/mol. The number of carbonyl (C=O) groups is 2. The van der Waals surface area contributed by atoms with Crippen LogP contribution in [0.2, 0.25) is 0 Å². The second kappa shape index (κ2) is 7.08. The quantitative estimate of drug-likeness (QED) is 0.852. The van der Waals surface area contributed by atoms with Gasteiger partial charge < -0.3 is 20.1 Å². The highest BCUT2D eigenvalue weighted by Gasteiger charge is 2.39. The first-order valence-electron chi connectivity index (χ1n) is 6.96. The van der Waals surface area contributed by atoms with Gasteiger partial charge in [0.25, 0.3) is 0 Å². The van der Waals surface area contributed by atoms with Crippen molar-refractivity contribution in [2.75, 3.05) is 20.2 Å². The van der Waals surface area contributed by atoms with E-state index in [-0.39, 0.29) is 12.1 Å². The van der Waals surface area contributed by atoms with E-state index in [0.717, 1.165) is 5.56 Å². The van der Waals surface area contributed by atoms with Crippen molar-refractivity contribution < 1.29 is 19.4 Å². The van der Waals surface area contributed by atoms with Crippen LogP contribution < -0.4 is 5.32 Å². The van der Waals surface area contributed by atoms with Crippen molar-refractivity contribution in [1.29, 1.82) is 0 Å². The third-order valence-corrected chi connectivity index (χ3v) is 3.67. The van der Waals surface area contributed by atoms with E-state index in [9.17, 15) is 14.7 Å². The highest BCUT2D eigenvalue weighted by Crippen LogP contribution is 2.20. The number of rotatable bonds is 5. The Kier molecular flexibility index (Phi) is 5.16.